The van der Waals surface area contributed by atoms with Crippen LogP contribution in [0.5, 0.6) is 0 Å². The number of hydrogen-bond acceptors (Lipinski definition) is 14. The number of aliphatic hydroxyl groups excluding tert-OH is 6. The molecular formula is C43H68O14. The van der Waals surface area contributed by atoms with Gasteiger partial charge < -0.3 is 59.4 Å². The topological polar surface area (TPSA) is 222 Å². The molecule has 5 aliphatic carbocycles. The molecule has 4 saturated carbocycles. The normalized spacial score (nSPS) is 53.2. The fourth-order valence-electron chi connectivity index (χ4n) is 13.8. The van der Waals surface area contributed by atoms with Gasteiger partial charge in [0.05, 0.1) is 30.3 Å². The van der Waals surface area contributed by atoms with Crippen LogP contribution < -0.4 is 0 Å². The van der Waals surface area contributed by atoms with Crippen LogP contribution in [0.1, 0.15) is 113 Å². The van der Waals surface area contributed by atoms with E-state index in [1.54, 1.807) is 0 Å². The van der Waals surface area contributed by atoms with Crippen molar-refractivity contribution in [2.24, 2.45) is 50.7 Å². The van der Waals surface area contributed by atoms with Crippen molar-refractivity contribution >= 4 is 11.9 Å². The lowest BCUT2D eigenvalue weighted by Gasteiger charge is -2.72. The van der Waals surface area contributed by atoms with Gasteiger partial charge in [-0.15, -0.1) is 0 Å². The molecule has 2 heterocycles. The van der Waals surface area contributed by atoms with Crippen LogP contribution in [0.2, 0.25) is 0 Å². The van der Waals surface area contributed by atoms with Gasteiger partial charge in [-0.05, 0) is 104 Å². The summed E-state index contributed by atoms with van der Waals surface area (Å²) in [5, 5.41) is 75.0. The molecule has 7 N–H and O–H groups in total. The molecule has 0 unspecified atom stereocenters. The molecule has 0 radical (unpaired) electrons. The van der Waals surface area contributed by atoms with Gasteiger partial charge in [0.2, 0.25) is 6.29 Å². The molecule has 19 atom stereocenters. The van der Waals surface area contributed by atoms with Gasteiger partial charge >= 0.3 is 11.9 Å². The van der Waals surface area contributed by atoms with E-state index < -0.39 is 90.8 Å². The third-order valence-corrected chi connectivity index (χ3v) is 17.5. The molecule has 0 aromatic heterocycles. The number of carbonyl (C=O) groups is 2. The van der Waals surface area contributed by atoms with Crippen molar-refractivity contribution in [3.05, 3.63) is 11.6 Å². The van der Waals surface area contributed by atoms with Crippen molar-refractivity contribution in [3.63, 3.8) is 0 Å². The van der Waals surface area contributed by atoms with E-state index in [1.165, 1.54) is 6.92 Å². The molecule has 0 amide bonds. The second-order valence-corrected chi connectivity index (χ2v) is 20.5. The van der Waals surface area contributed by atoms with Gasteiger partial charge in [-0.2, -0.15) is 0 Å². The van der Waals surface area contributed by atoms with Crippen molar-refractivity contribution < 1.29 is 69.0 Å². The smallest absolute Gasteiger partial charge is 0.315 e. The summed E-state index contributed by atoms with van der Waals surface area (Å²) < 4.78 is 29.4. The van der Waals surface area contributed by atoms with Crippen LogP contribution in [0.25, 0.3) is 0 Å². The Balaban J connectivity index is 1.18. The number of carbonyl (C=O) groups excluding carboxylic acids is 2. The first-order valence-electron chi connectivity index (χ1n) is 21.3. The Kier molecular flexibility index (Phi) is 11.2. The Morgan fingerprint density at radius 2 is 1.53 bits per heavy atom. The SMILES string of the molecule is CC(=O)O[C@H]1[C@H](O[C@H]2CC[C@@]3(C)[C@H](CC[C@@]4(C)[C@@H]3CC=C3[C@@H]5[C@](C(=O)O[C@H]6O[C@H](CO)[C@H](O)[C@H](O)[C@@H]6O)(CC[C@H](C)[C@@]5(C)O)CC[C@]34C)C2(C)C)OC[C@@H](O)[C@H]1O. The summed E-state index contributed by atoms with van der Waals surface area (Å²) in [4.78, 5) is 26.6. The molecule has 57 heavy (non-hydrogen) atoms. The highest BCUT2D eigenvalue weighted by atomic mass is 16.7. The molecule has 0 aromatic rings. The standard InChI is InChI=1S/C43H68O14/c1-21-11-16-43(37(51)57-35-32(50)31(49)30(48)25(19-44)55-35)18-17-40(6)23(34(43)42(21,8)52)9-10-27-39(5)14-13-28(38(3,4)26(39)12-15-41(27,40)7)56-36-33(54-22(2)45)29(47)24(46)20-53-36/h9,21,24-36,44,46-50,52H,10-20H2,1-8H3/t21-,24+,25+,26+,27+,28-,29+,30-,31-,32-,33+,34-,35+,36-,39-,40+,41-,42+,43-/m0/s1. The van der Waals surface area contributed by atoms with Crippen LogP contribution >= 0.6 is 0 Å². The van der Waals surface area contributed by atoms with Crippen LogP contribution in [0.3, 0.4) is 0 Å². The minimum absolute atomic E-state index is 0.0984. The maximum atomic E-state index is 14.6. The molecule has 0 bridgehead atoms. The third-order valence-electron chi connectivity index (χ3n) is 17.5. The summed E-state index contributed by atoms with van der Waals surface area (Å²) in [5.74, 6) is -1.39. The molecule has 0 spiro atoms. The number of hydrogen-bond donors (Lipinski definition) is 7. The fraction of sp³-hybridized carbons (Fsp3) is 0.907. The van der Waals surface area contributed by atoms with Crippen molar-refractivity contribution in [1.29, 1.82) is 0 Å². The van der Waals surface area contributed by atoms with E-state index in [4.69, 9.17) is 23.7 Å². The summed E-state index contributed by atoms with van der Waals surface area (Å²) in [6.07, 6.45) is -4.12. The average molecular weight is 809 g/mol. The van der Waals surface area contributed by atoms with Crippen molar-refractivity contribution in [2.45, 2.75) is 180 Å². The molecule has 7 aliphatic rings. The first kappa shape index (κ1) is 43.4. The minimum atomic E-state index is -1.72. The van der Waals surface area contributed by atoms with Crippen LogP contribution in [0.4, 0.5) is 0 Å². The van der Waals surface area contributed by atoms with E-state index in [0.29, 0.717) is 32.1 Å². The van der Waals surface area contributed by atoms with Crippen molar-refractivity contribution in [3.8, 4) is 0 Å². The molecule has 14 nitrogen and oxygen atoms in total. The molecule has 7 rings (SSSR count). The zero-order valence-electron chi connectivity index (χ0n) is 34.9. The van der Waals surface area contributed by atoms with E-state index in [-0.39, 0.29) is 52.1 Å². The van der Waals surface area contributed by atoms with E-state index in [9.17, 15) is 45.3 Å². The van der Waals surface area contributed by atoms with Crippen LogP contribution in [-0.4, -0.2) is 128 Å². The third kappa shape index (κ3) is 6.40. The molecule has 6 fully saturated rings. The van der Waals surface area contributed by atoms with Crippen molar-refractivity contribution in [1.82, 2.24) is 0 Å². The second kappa shape index (κ2) is 14.7. The van der Waals surface area contributed by atoms with E-state index in [0.717, 1.165) is 31.3 Å². The number of aliphatic hydroxyl groups is 7. The molecule has 14 heteroatoms. The minimum Gasteiger partial charge on any atom is -0.454 e. The van der Waals surface area contributed by atoms with Gasteiger partial charge in [0.15, 0.2) is 12.4 Å². The second-order valence-electron chi connectivity index (χ2n) is 20.5. The number of esters is 2. The van der Waals surface area contributed by atoms with E-state index in [2.05, 4.69) is 40.7 Å². The number of rotatable bonds is 6. The predicted octanol–water partition coefficient (Wildman–Crippen LogP) is 2.50. The molecular weight excluding hydrogens is 740 g/mol. The molecule has 2 aliphatic heterocycles. The van der Waals surface area contributed by atoms with E-state index >= 15 is 0 Å². The Morgan fingerprint density at radius 1 is 0.825 bits per heavy atom. The van der Waals surface area contributed by atoms with Gasteiger partial charge in [0.1, 0.15) is 36.6 Å². The largest absolute Gasteiger partial charge is 0.454 e. The quantitative estimate of drug-likeness (QED) is 0.117. The number of fused-ring (bicyclic) bond motifs is 7. The lowest BCUT2D eigenvalue weighted by atomic mass is 9.33. The van der Waals surface area contributed by atoms with E-state index in [1.807, 2.05) is 13.8 Å². The number of ether oxygens (including phenoxy) is 5. The van der Waals surface area contributed by atoms with Gasteiger partial charge in [0.25, 0.3) is 0 Å². The highest BCUT2D eigenvalue weighted by Gasteiger charge is 2.72. The Bertz CT molecular complexity index is 1580. The maximum absolute atomic E-state index is 14.6. The van der Waals surface area contributed by atoms with Gasteiger partial charge in [-0.25, -0.2) is 0 Å². The predicted molar refractivity (Wildman–Crippen MR) is 202 cm³/mol. The highest BCUT2D eigenvalue weighted by Crippen LogP contribution is 2.76. The Morgan fingerprint density at radius 3 is 2.19 bits per heavy atom. The van der Waals surface area contributed by atoms with Gasteiger partial charge in [-0.1, -0.05) is 53.2 Å². The molecule has 0 aromatic carbocycles. The first-order valence-corrected chi connectivity index (χ1v) is 21.3. The zero-order chi connectivity index (χ0) is 41.8. The monoisotopic (exact) mass is 808 g/mol. The maximum Gasteiger partial charge on any atom is 0.315 e. The van der Waals surface area contributed by atoms with Crippen LogP contribution in [-0.2, 0) is 33.3 Å². The molecule has 2 saturated heterocycles. The average Bonchev–Trinajstić information content (AvgIpc) is 3.14. The Hall–Kier alpha value is -1.72. The summed E-state index contributed by atoms with van der Waals surface area (Å²) in [6, 6.07) is 0. The summed E-state index contributed by atoms with van der Waals surface area (Å²) in [5.41, 5.74) is -2.30. The zero-order valence-corrected chi connectivity index (χ0v) is 34.9. The summed E-state index contributed by atoms with van der Waals surface area (Å²) in [6.45, 7) is 16.0. The van der Waals surface area contributed by atoms with Crippen LogP contribution in [0, 0.1) is 50.7 Å². The van der Waals surface area contributed by atoms with Gasteiger partial charge in [-0.3, -0.25) is 9.59 Å². The van der Waals surface area contributed by atoms with Crippen molar-refractivity contribution in [2.75, 3.05) is 13.2 Å². The first-order chi connectivity index (χ1) is 26.5. The number of allylic oxidation sites excluding steroid dienone is 1. The molecule has 324 valence electrons. The highest BCUT2D eigenvalue weighted by molar-refractivity contribution is 5.79. The summed E-state index contributed by atoms with van der Waals surface area (Å²) >= 11 is 0. The Labute approximate surface area is 336 Å². The lowest BCUT2D eigenvalue weighted by molar-refractivity contribution is -0.310. The van der Waals surface area contributed by atoms with Gasteiger partial charge in [0, 0.05) is 12.8 Å². The lowest BCUT2D eigenvalue weighted by Crippen LogP contribution is -2.68. The fourth-order valence-corrected chi connectivity index (χ4v) is 13.8. The van der Waals surface area contributed by atoms with Crippen LogP contribution in [0.15, 0.2) is 11.6 Å². The summed E-state index contributed by atoms with van der Waals surface area (Å²) in [7, 11) is 0.